The van der Waals surface area contributed by atoms with Gasteiger partial charge in [0.05, 0.1) is 0 Å². The van der Waals surface area contributed by atoms with Gasteiger partial charge in [0.25, 0.3) is 0 Å². The van der Waals surface area contributed by atoms with Crippen molar-refractivity contribution in [1.82, 2.24) is 5.06 Å². The van der Waals surface area contributed by atoms with E-state index < -0.39 is 0 Å². The highest BCUT2D eigenvalue weighted by molar-refractivity contribution is 4.60. The molecule has 2 heteroatoms. The summed E-state index contributed by atoms with van der Waals surface area (Å²) in [6, 6.07) is 0.363. The number of nitrogens with zero attached hydrogens (tertiary/aromatic N) is 1. The zero-order chi connectivity index (χ0) is 9.40. The molecule has 0 aliphatic carbocycles. The summed E-state index contributed by atoms with van der Waals surface area (Å²) in [5.74, 6) is 0. The van der Waals surface area contributed by atoms with Gasteiger partial charge in [-0.1, -0.05) is 39.5 Å². The number of rotatable bonds is 7. The normalized spacial score (nSPS) is 13.8. The third kappa shape index (κ3) is 5.56. The van der Waals surface area contributed by atoms with Gasteiger partial charge >= 0.3 is 0 Å². The van der Waals surface area contributed by atoms with Crippen LogP contribution < -0.4 is 0 Å². The second kappa shape index (κ2) is 7.56. The summed E-state index contributed by atoms with van der Waals surface area (Å²) in [6.45, 7) is 4.34. The molecule has 0 saturated heterocycles. The van der Waals surface area contributed by atoms with Crippen molar-refractivity contribution in [3.05, 3.63) is 0 Å². The summed E-state index contributed by atoms with van der Waals surface area (Å²) in [5.41, 5.74) is 0. The van der Waals surface area contributed by atoms with Crippen LogP contribution >= 0.6 is 0 Å². The smallest absolute Gasteiger partial charge is 0.0344 e. The lowest BCUT2D eigenvalue weighted by Crippen LogP contribution is -2.27. The third-order valence-corrected chi connectivity index (χ3v) is 2.39. The molecule has 0 aromatic rings. The SMILES string of the molecule is CCCCCCC(CC)N(C)O. The summed E-state index contributed by atoms with van der Waals surface area (Å²) in [7, 11) is 1.74. The van der Waals surface area contributed by atoms with Crippen LogP contribution in [0.3, 0.4) is 0 Å². The Morgan fingerprint density at radius 3 is 2.25 bits per heavy atom. The van der Waals surface area contributed by atoms with Crippen molar-refractivity contribution in [1.29, 1.82) is 0 Å². The summed E-state index contributed by atoms with van der Waals surface area (Å²) < 4.78 is 0. The van der Waals surface area contributed by atoms with E-state index in [1.165, 1.54) is 30.7 Å². The molecule has 0 heterocycles. The van der Waals surface area contributed by atoms with Crippen molar-refractivity contribution < 1.29 is 5.21 Å². The van der Waals surface area contributed by atoms with E-state index in [1.54, 1.807) is 7.05 Å². The van der Waals surface area contributed by atoms with Crippen molar-refractivity contribution >= 4 is 0 Å². The predicted octanol–water partition coefficient (Wildman–Crippen LogP) is 3.06. The molecule has 0 radical (unpaired) electrons. The topological polar surface area (TPSA) is 23.5 Å². The van der Waals surface area contributed by atoms with Gasteiger partial charge in [0.15, 0.2) is 0 Å². The molecule has 12 heavy (non-hydrogen) atoms. The first kappa shape index (κ1) is 11.9. The fourth-order valence-electron chi connectivity index (χ4n) is 1.46. The van der Waals surface area contributed by atoms with Gasteiger partial charge in [-0.15, -0.1) is 0 Å². The first-order chi connectivity index (χ1) is 5.72. The van der Waals surface area contributed by atoms with E-state index in [0.717, 1.165) is 12.8 Å². The van der Waals surface area contributed by atoms with Crippen LogP contribution in [0.25, 0.3) is 0 Å². The molecular weight excluding hydrogens is 150 g/mol. The minimum atomic E-state index is 0.363. The van der Waals surface area contributed by atoms with E-state index in [0.29, 0.717) is 6.04 Å². The molecule has 0 bridgehead atoms. The zero-order valence-electron chi connectivity index (χ0n) is 8.71. The average Bonchev–Trinajstić information content (AvgIpc) is 2.04. The van der Waals surface area contributed by atoms with Gasteiger partial charge in [-0.3, -0.25) is 0 Å². The van der Waals surface area contributed by atoms with Crippen molar-refractivity contribution in [2.75, 3.05) is 7.05 Å². The molecular formula is C10H23NO. The Balaban J connectivity index is 3.32. The third-order valence-electron chi connectivity index (χ3n) is 2.39. The molecule has 0 fully saturated rings. The van der Waals surface area contributed by atoms with Crippen molar-refractivity contribution in [2.24, 2.45) is 0 Å². The van der Waals surface area contributed by atoms with Gasteiger partial charge in [0.1, 0.15) is 0 Å². The largest absolute Gasteiger partial charge is 0.314 e. The molecule has 0 aromatic carbocycles. The molecule has 2 nitrogen and oxygen atoms in total. The summed E-state index contributed by atoms with van der Waals surface area (Å²) in [5, 5.41) is 10.6. The molecule has 0 rings (SSSR count). The summed E-state index contributed by atoms with van der Waals surface area (Å²) >= 11 is 0. The van der Waals surface area contributed by atoms with Crippen LogP contribution in [0.5, 0.6) is 0 Å². The van der Waals surface area contributed by atoms with Crippen LogP contribution in [0, 0.1) is 0 Å². The van der Waals surface area contributed by atoms with Crippen molar-refractivity contribution in [3.63, 3.8) is 0 Å². The second-order valence-corrected chi connectivity index (χ2v) is 3.49. The molecule has 0 saturated carbocycles. The van der Waals surface area contributed by atoms with E-state index in [-0.39, 0.29) is 0 Å². The van der Waals surface area contributed by atoms with Gasteiger partial charge < -0.3 is 5.21 Å². The van der Waals surface area contributed by atoms with Crippen LogP contribution in [-0.2, 0) is 0 Å². The van der Waals surface area contributed by atoms with E-state index >= 15 is 0 Å². The van der Waals surface area contributed by atoms with Gasteiger partial charge in [-0.05, 0) is 12.8 Å². The fourth-order valence-corrected chi connectivity index (χ4v) is 1.46. The number of hydrogen-bond donors (Lipinski definition) is 1. The molecule has 1 unspecified atom stereocenters. The van der Waals surface area contributed by atoms with E-state index in [2.05, 4.69) is 13.8 Å². The highest BCUT2D eigenvalue weighted by Gasteiger charge is 2.08. The highest BCUT2D eigenvalue weighted by Crippen LogP contribution is 2.10. The van der Waals surface area contributed by atoms with Gasteiger partial charge in [0.2, 0.25) is 0 Å². The molecule has 0 spiro atoms. The Hall–Kier alpha value is -0.0800. The van der Waals surface area contributed by atoms with Crippen molar-refractivity contribution in [2.45, 2.75) is 58.4 Å². The van der Waals surface area contributed by atoms with Gasteiger partial charge in [-0.25, -0.2) is 0 Å². The van der Waals surface area contributed by atoms with E-state index in [1.807, 2.05) is 0 Å². The first-order valence-electron chi connectivity index (χ1n) is 5.14. The zero-order valence-corrected chi connectivity index (χ0v) is 8.71. The number of hydrogen-bond acceptors (Lipinski definition) is 2. The molecule has 0 aromatic heterocycles. The average molecular weight is 173 g/mol. The maximum absolute atomic E-state index is 9.20. The first-order valence-corrected chi connectivity index (χ1v) is 5.14. The standard InChI is InChI=1S/C10H23NO/c1-4-6-7-8-9-10(5-2)11(3)12/h10,12H,4-9H2,1-3H3. The van der Waals surface area contributed by atoms with Crippen LogP contribution in [0.15, 0.2) is 0 Å². The van der Waals surface area contributed by atoms with Crippen LogP contribution in [-0.4, -0.2) is 23.4 Å². The molecule has 74 valence electrons. The molecule has 1 atom stereocenters. The minimum Gasteiger partial charge on any atom is -0.314 e. The summed E-state index contributed by atoms with van der Waals surface area (Å²) in [6.07, 6.45) is 7.33. The van der Waals surface area contributed by atoms with E-state index in [4.69, 9.17) is 0 Å². The summed E-state index contributed by atoms with van der Waals surface area (Å²) in [4.78, 5) is 0. The van der Waals surface area contributed by atoms with Gasteiger partial charge in [-0.2, -0.15) is 5.06 Å². The molecule has 1 N–H and O–H groups in total. The number of unbranched alkanes of at least 4 members (excludes halogenated alkanes) is 3. The van der Waals surface area contributed by atoms with E-state index in [9.17, 15) is 5.21 Å². The van der Waals surface area contributed by atoms with Crippen LogP contribution in [0.1, 0.15) is 52.4 Å². The maximum atomic E-state index is 9.20. The predicted molar refractivity (Wildman–Crippen MR) is 52.4 cm³/mol. The minimum absolute atomic E-state index is 0.363. The molecule has 0 aliphatic rings. The lowest BCUT2D eigenvalue weighted by molar-refractivity contribution is -0.105. The van der Waals surface area contributed by atoms with Gasteiger partial charge in [0, 0.05) is 13.1 Å². The number of hydroxylamine groups is 2. The second-order valence-electron chi connectivity index (χ2n) is 3.49. The van der Waals surface area contributed by atoms with Crippen molar-refractivity contribution in [3.8, 4) is 0 Å². The highest BCUT2D eigenvalue weighted by atomic mass is 16.5. The monoisotopic (exact) mass is 173 g/mol. The molecule has 0 amide bonds. The Labute approximate surface area is 76.5 Å². The van der Waals surface area contributed by atoms with Crippen LogP contribution in [0.2, 0.25) is 0 Å². The lowest BCUT2D eigenvalue weighted by atomic mass is 10.1. The lowest BCUT2D eigenvalue weighted by Gasteiger charge is -2.20. The fraction of sp³-hybridized carbons (Fsp3) is 1.00. The molecule has 0 aliphatic heterocycles. The Kier molecular flexibility index (Phi) is 7.51. The Morgan fingerprint density at radius 1 is 1.17 bits per heavy atom. The quantitative estimate of drug-likeness (QED) is 0.472. The maximum Gasteiger partial charge on any atom is 0.0344 e. The van der Waals surface area contributed by atoms with Crippen LogP contribution in [0.4, 0.5) is 0 Å². The Morgan fingerprint density at radius 2 is 1.83 bits per heavy atom. The Bertz CT molecular complexity index is 93.8.